The van der Waals surface area contributed by atoms with Gasteiger partial charge in [-0.05, 0) is 0 Å². The van der Waals surface area contributed by atoms with Crippen molar-refractivity contribution < 1.29 is 34.8 Å². The molecule has 0 aromatic heterocycles. The number of rotatable bonds is 0. The molecule has 0 spiro atoms. The third kappa shape index (κ3) is 72.4. The summed E-state index contributed by atoms with van der Waals surface area (Å²) in [6, 6.07) is 0. The van der Waals surface area contributed by atoms with Crippen molar-refractivity contribution in [2.75, 3.05) is 0 Å². The van der Waals surface area contributed by atoms with Crippen LogP contribution in [0.5, 0.6) is 0 Å². The normalized spacial score (nSPS) is 5.20. The second-order valence-electron chi connectivity index (χ2n) is 0.253. The van der Waals surface area contributed by atoms with Gasteiger partial charge in [0, 0.05) is 25.0 Å². The molecule has 0 unspecified atom stereocenters. The molecule has 0 saturated carbocycles. The minimum atomic E-state index is -2.87. The maximum Gasteiger partial charge on any atom is 0.692 e. The fourth-order valence-electron chi connectivity index (χ4n) is 0. The number of hydrogen-bond acceptors (Lipinski definition) is 1. The van der Waals surface area contributed by atoms with Gasteiger partial charge >= 0.3 is 8.25 Å². The van der Waals surface area contributed by atoms with E-state index in [0.29, 0.717) is 0 Å². The van der Waals surface area contributed by atoms with Crippen molar-refractivity contribution >= 4 is 8.25 Å². The molecule has 0 aromatic carbocycles. The summed E-state index contributed by atoms with van der Waals surface area (Å²) >= 11 is 0. The first-order chi connectivity index (χ1) is 1.73. The zero-order valence-corrected chi connectivity index (χ0v) is 5.74. The van der Waals surface area contributed by atoms with Crippen molar-refractivity contribution in [3.05, 3.63) is 0 Å². The van der Waals surface area contributed by atoms with Gasteiger partial charge in [-0.3, -0.25) is 0 Å². The topological polar surface area (TPSA) is 57.5 Å². The molecule has 0 rings (SSSR count). The maximum absolute atomic E-state index is 8.70. The molecule has 2 N–H and O–H groups in total. The zero-order valence-electron chi connectivity index (χ0n) is 2.13. The predicted molar refractivity (Wildman–Crippen MR) is 12.0 cm³/mol. The molecule has 0 atom stereocenters. The Labute approximate surface area is 43.6 Å². The Morgan fingerprint density at radius 1 is 1.40 bits per heavy atom. The van der Waals surface area contributed by atoms with Gasteiger partial charge < -0.3 is 0 Å². The van der Waals surface area contributed by atoms with Crippen molar-refractivity contribution in [3.8, 4) is 0 Å². The van der Waals surface area contributed by atoms with Gasteiger partial charge in [0.1, 0.15) is 0 Å². The van der Waals surface area contributed by atoms with Gasteiger partial charge in [-0.1, -0.05) is 0 Å². The van der Waals surface area contributed by atoms with Crippen molar-refractivity contribution in [3.63, 3.8) is 0 Å². The van der Waals surface area contributed by atoms with Crippen LogP contribution in [0.3, 0.4) is 0 Å². The number of hydrogen-bond donors (Lipinski definition) is 2. The molecule has 0 amide bonds. The molecule has 0 aromatic rings. The van der Waals surface area contributed by atoms with Crippen LogP contribution in [0.4, 0.5) is 0 Å². The molecule has 5 heavy (non-hydrogen) atoms. The first-order valence-corrected chi connectivity index (χ1v) is 1.75. The van der Waals surface area contributed by atoms with Crippen LogP contribution in [-0.4, -0.2) is 9.79 Å². The first-order valence-electron chi connectivity index (χ1n) is 0.583. The van der Waals surface area contributed by atoms with E-state index in [1.54, 1.807) is 0 Å². The van der Waals surface area contributed by atoms with Gasteiger partial charge in [-0.15, -0.1) is 9.79 Å². The Hall–Kier alpha value is 0.682. The molecule has 31 valence electrons. The maximum atomic E-state index is 8.70. The van der Waals surface area contributed by atoms with Crippen LogP contribution in [0.2, 0.25) is 0 Å². The van der Waals surface area contributed by atoms with E-state index in [2.05, 4.69) is 0 Å². The summed E-state index contributed by atoms with van der Waals surface area (Å²) in [5.41, 5.74) is 0. The monoisotopic (exact) mass is 268 g/mol. The first kappa shape index (κ1) is 9.19. The predicted octanol–water partition coefficient (Wildman–Crippen LogP) is -0.374. The molecular formula is H2O3PRe+. The van der Waals surface area contributed by atoms with E-state index in [0.717, 1.165) is 0 Å². The van der Waals surface area contributed by atoms with E-state index in [1.165, 1.54) is 0 Å². The second-order valence-corrected chi connectivity index (χ2v) is 0.758. The minimum absolute atomic E-state index is 0. The Kier molecular flexibility index (Phi) is 8.60. The van der Waals surface area contributed by atoms with E-state index in [1.807, 2.05) is 0 Å². The fraction of sp³-hybridized carbons (Fsp3) is 0. The third-order valence-electron chi connectivity index (χ3n) is 0. The summed E-state index contributed by atoms with van der Waals surface area (Å²) in [5.74, 6) is 0. The summed E-state index contributed by atoms with van der Waals surface area (Å²) in [7, 11) is -2.87. The van der Waals surface area contributed by atoms with Gasteiger partial charge in [0.2, 0.25) is 0 Å². The van der Waals surface area contributed by atoms with Crippen molar-refractivity contribution in [2.45, 2.75) is 0 Å². The standard InChI is InChI=1S/HO3P.Re/c1-4(2)3;/h(H-,1,2,3);/p+1. The zero-order chi connectivity index (χ0) is 3.58. The molecule has 1 radical (unpaired) electrons. The van der Waals surface area contributed by atoms with Crippen LogP contribution in [0.25, 0.3) is 0 Å². The Bertz CT molecular complexity index is 29.9. The molecule has 0 bridgehead atoms. The minimum Gasteiger partial charge on any atom is -0.134 e. The Morgan fingerprint density at radius 3 is 1.40 bits per heavy atom. The quantitative estimate of drug-likeness (QED) is 0.589. The van der Waals surface area contributed by atoms with Crippen molar-refractivity contribution in [1.82, 2.24) is 0 Å². The van der Waals surface area contributed by atoms with Crippen LogP contribution in [0.1, 0.15) is 0 Å². The Morgan fingerprint density at radius 2 is 1.40 bits per heavy atom. The van der Waals surface area contributed by atoms with Gasteiger partial charge in [-0.2, -0.15) is 0 Å². The molecule has 0 fully saturated rings. The smallest absolute Gasteiger partial charge is 0.134 e. The average Bonchev–Trinajstić information content (AvgIpc) is 0.811. The molecule has 0 aliphatic rings. The van der Waals surface area contributed by atoms with E-state index in [9.17, 15) is 0 Å². The van der Waals surface area contributed by atoms with Crippen LogP contribution < -0.4 is 0 Å². The summed E-state index contributed by atoms with van der Waals surface area (Å²) in [6.45, 7) is 0. The summed E-state index contributed by atoms with van der Waals surface area (Å²) in [6.07, 6.45) is 0. The van der Waals surface area contributed by atoms with Gasteiger partial charge in [0.15, 0.2) is 0 Å². The van der Waals surface area contributed by atoms with Gasteiger partial charge in [0.05, 0.1) is 0 Å². The van der Waals surface area contributed by atoms with E-state index in [4.69, 9.17) is 14.4 Å². The summed E-state index contributed by atoms with van der Waals surface area (Å²) in [5, 5.41) is 0. The largest absolute Gasteiger partial charge is 0.692 e. The molecule has 3 nitrogen and oxygen atoms in total. The third-order valence-corrected chi connectivity index (χ3v) is 0. The molecular weight excluding hydrogens is 265 g/mol. The molecule has 5 heteroatoms. The summed E-state index contributed by atoms with van der Waals surface area (Å²) in [4.78, 5) is 14.2. The van der Waals surface area contributed by atoms with Gasteiger partial charge in [0.25, 0.3) is 0 Å². The SMILES string of the molecule is O=[P+](O)O.[Re]. The van der Waals surface area contributed by atoms with Crippen molar-refractivity contribution in [2.24, 2.45) is 0 Å². The van der Waals surface area contributed by atoms with Crippen LogP contribution in [0.15, 0.2) is 0 Å². The van der Waals surface area contributed by atoms with Crippen LogP contribution in [-0.2, 0) is 25.0 Å². The molecule has 0 saturated heterocycles. The fourth-order valence-corrected chi connectivity index (χ4v) is 0. The average molecular weight is 267 g/mol. The van der Waals surface area contributed by atoms with Crippen molar-refractivity contribution in [1.29, 1.82) is 0 Å². The molecule has 0 heterocycles. The Balaban J connectivity index is 0. The van der Waals surface area contributed by atoms with E-state index in [-0.39, 0.29) is 20.4 Å². The van der Waals surface area contributed by atoms with Gasteiger partial charge in [-0.25, -0.2) is 0 Å². The van der Waals surface area contributed by atoms with Crippen LogP contribution in [0, 0.1) is 0 Å². The van der Waals surface area contributed by atoms with Crippen LogP contribution >= 0.6 is 8.25 Å². The van der Waals surface area contributed by atoms with E-state index < -0.39 is 8.25 Å². The van der Waals surface area contributed by atoms with E-state index >= 15 is 0 Å². The molecule has 0 aliphatic carbocycles. The summed E-state index contributed by atoms with van der Waals surface area (Å²) < 4.78 is 8.70. The molecule has 0 aliphatic heterocycles. The second kappa shape index (κ2) is 4.68.